The zero-order valence-electron chi connectivity index (χ0n) is 8.15. The Morgan fingerprint density at radius 1 is 1.27 bits per heavy atom. The average Bonchev–Trinajstić information content (AvgIpc) is 2.21. The second kappa shape index (κ2) is 5.11. The van der Waals surface area contributed by atoms with E-state index in [-0.39, 0.29) is 17.8 Å². The number of rotatable bonds is 4. The molecule has 5 heteroatoms. The first-order valence-corrected chi connectivity index (χ1v) is 5.41. The molecule has 0 unspecified atom stereocenters. The molecule has 0 aliphatic carbocycles. The van der Waals surface area contributed by atoms with E-state index >= 15 is 0 Å². The lowest BCUT2D eigenvalue weighted by Gasteiger charge is -2.07. The normalized spacial score (nSPS) is 9.93. The Bertz CT molecular complexity index is 499. The van der Waals surface area contributed by atoms with Crippen LogP contribution in [0.4, 0.5) is 0 Å². The van der Waals surface area contributed by atoms with Crippen molar-refractivity contribution in [3.05, 3.63) is 55.9 Å². The fourth-order valence-corrected chi connectivity index (χ4v) is 1.81. The van der Waals surface area contributed by atoms with Gasteiger partial charge >= 0.3 is 5.69 Å². The SMILES string of the molecule is C=CCn1cc(I)c(=O)n(CC=C)c1=O. The molecule has 0 radical (unpaired) electrons. The molecule has 15 heavy (non-hydrogen) atoms. The zero-order valence-corrected chi connectivity index (χ0v) is 10.3. The molecular formula is C10H11IN2O2. The van der Waals surface area contributed by atoms with Crippen LogP contribution in [0.1, 0.15) is 0 Å². The minimum atomic E-state index is -0.333. The Hall–Kier alpha value is -1.11. The van der Waals surface area contributed by atoms with Crippen molar-refractivity contribution in [1.29, 1.82) is 0 Å². The van der Waals surface area contributed by atoms with Crippen molar-refractivity contribution >= 4 is 22.6 Å². The summed E-state index contributed by atoms with van der Waals surface area (Å²) in [5.41, 5.74) is -0.610. The maximum Gasteiger partial charge on any atom is 0.331 e. The van der Waals surface area contributed by atoms with Crippen molar-refractivity contribution in [2.45, 2.75) is 13.1 Å². The largest absolute Gasteiger partial charge is 0.331 e. The third kappa shape index (κ3) is 2.47. The van der Waals surface area contributed by atoms with E-state index in [9.17, 15) is 9.59 Å². The molecule has 0 aliphatic heterocycles. The van der Waals surface area contributed by atoms with E-state index in [0.717, 1.165) is 4.57 Å². The maximum absolute atomic E-state index is 11.7. The number of hydrogen-bond donors (Lipinski definition) is 0. The Morgan fingerprint density at radius 3 is 2.40 bits per heavy atom. The first-order valence-electron chi connectivity index (χ1n) is 4.33. The molecule has 0 bridgehead atoms. The summed E-state index contributed by atoms with van der Waals surface area (Å²) in [6.45, 7) is 7.69. The lowest BCUT2D eigenvalue weighted by atomic mass is 10.5. The van der Waals surface area contributed by atoms with Gasteiger partial charge in [-0.1, -0.05) is 12.2 Å². The molecule has 0 spiro atoms. The van der Waals surface area contributed by atoms with Gasteiger partial charge in [-0.25, -0.2) is 4.79 Å². The van der Waals surface area contributed by atoms with Crippen molar-refractivity contribution in [1.82, 2.24) is 9.13 Å². The van der Waals surface area contributed by atoms with Gasteiger partial charge < -0.3 is 0 Å². The van der Waals surface area contributed by atoms with Crippen LogP contribution < -0.4 is 11.2 Å². The Morgan fingerprint density at radius 2 is 1.87 bits per heavy atom. The molecule has 0 aliphatic rings. The summed E-state index contributed by atoms with van der Waals surface area (Å²) in [7, 11) is 0. The predicted molar refractivity (Wildman–Crippen MR) is 68.1 cm³/mol. The second-order valence-electron chi connectivity index (χ2n) is 2.91. The Balaban J connectivity index is 3.48. The van der Waals surface area contributed by atoms with Gasteiger partial charge in [0.25, 0.3) is 5.56 Å². The van der Waals surface area contributed by atoms with Crippen LogP contribution in [0.2, 0.25) is 0 Å². The summed E-state index contributed by atoms with van der Waals surface area (Å²) in [6, 6.07) is 0. The van der Waals surface area contributed by atoms with E-state index in [1.54, 1.807) is 6.08 Å². The lowest BCUT2D eigenvalue weighted by molar-refractivity contribution is 0.620. The van der Waals surface area contributed by atoms with E-state index < -0.39 is 0 Å². The fourth-order valence-electron chi connectivity index (χ4n) is 1.18. The molecule has 0 aromatic carbocycles. The summed E-state index contributed by atoms with van der Waals surface area (Å²) in [4.78, 5) is 23.4. The minimum Gasteiger partial charge on any atom is -0.296 e. The predicted octanol–water partition coefficient (Wildman–Crippen LogP) is 0.987. The highest BCUT2D eigenvalue weighted by molar-refractivity contribution is 14.1. The summed E-state index contributed by atoms with van der Waals surface area (Å²) in [5, 5.41) is 0. The molecule has 0 N–H and O–H groups in total. The topological polar surface area (TPSA) is 44.0 Å². The van der Waals surface area contributed by atoms with Crippen LogP contribution in [0.3, 0.4) is 0 Å². The van der Waals surface area contributed by atoms with Crippen LogP contribution in [-0.2, 0) is 13.1 Å². The Kier molecular flexibility index (Phi) is 4.07. The van der Waals surface area contributed by atoms with Gasteiger partial charge in [0.15, 0.2) is 0 Å². The first-order chi connectivity index (χ1) is 7.11. The zero-order chi connectivity index (χ0) is 11.4. The number of aromatic nitrogens is 2. The van der Waals surface area contributed by atoms with Gasteiger partial charge in [-0.15, -0.1) is 13.2 Å². The summed E-state index contributed by atoms with van der Waals surface area (Å²) >= 11 is 1.91. The monoisotopic (exact) mass is 318 g/mol. The first kappa shape index (κ1) is 12.0. The quantitative estimate of drug-likeness (QED) is 0.614. The van der Waals surface area contributed by atoms with Gasteiger partial charge in [-0.3, -0.25) is 13.9 Å². The van der Waals surface area contributed by atoms with Crippen molar-refractivity contribution in [2.24, 2.45) is 0 Å². The van der Waals surface area contributed by atoms with E-state index in [4.69, 9.17) is 0 Å². The summed E-state index contributed by atoms with van der Waals surface area (Å²) < 4.78 is 3.11. The van der Waals surface area contributed by atoms with Gasteiger partial charge in [0.2, 0.25) is 0 Å². The molecule has 0 amide bonds. The van der Waals surface area contributed by atoms with E-state index in [0.29, 0.717) is 10.1 Å². The molecule has 1 rings (SSSR count). The Labute approximate surface area is 101 Å². The molecule has 80 valence electrons. The standard InChI is InChI=1S/C10H11IN2O2/c1-3-5-12-7-8(11)9(14)13(6-4-2)10(12)15/h3-4,7H,1-2,5-6H2. The van der Waals surface area contributed by atoms with Crippen LogP contribution in [0, 0.1) is 3.57 Å². The van der Waals surface area contributed by atoms with Crippen LogP contribution in [0.15, 0.2) is 41.1 Å². The maximum atomic E-state index is 11.7. The smallest absolute Gasteiger partial charge is 0.296 e. The number of hydrogen-bond acceptors (Lipinski definition) is 2. The van der Waals surface area contributed by atoms with E-state index in [1.165, 1.54) is 16.8 Å². The van der Waals surface area contributed by atoms with Gasteiger partial charge in [0, 0.05) is 19.3 Å². The molecule has 1 aromatic rings. The lowest BCUT2D eigenvalue weighted by Crippen LogP contribution is -2.40. The van der Waals surface area contributed by atoms with Crippen LogP contribution in [0.25, 0.3) is 0 Å². The molecule has 0 fully saturated rings. The highest BCUT2D eigenvalue weighted by atomic mass is 127. The number of nitrogens with zero attached hydrogens (tertiary/aromatic N) is 2. The third-order valence-electron chi connectivity index (χ3n) is 1.83. The molecule has 0 saturated carbocycles. The number of halogens is 1. The molecular weight excluding hydrogens is 307 g/mol. The van der Waals surface area contributed by atoms with Crippen LogP contribution >= 0.6 is 22.6 Å². The van der Waals surface area contributed by atoms with Crippen molar-refractivity contribution < 1.29 is 0 Å². The van der Waals surface area contributed by atoms with Crippen molar-refractivity contribution in [3.63, 3.8) is 0 Å². The van der Waals surface area contributed by atoms with Gasteiger partial charge in [-0.05, 0) is 22.6 Å². The third-order valence-corrected chi connectivity index (χ3v) is 2.57. The van der Waals surface area contributed by atoms with E-state index in [2.05, 4.69) is 13.2 Å². The molecule has 1 aromatic heterocycles. The van der Waals surface area contributed by atoms with Crippen molar-refractivity contribution in [2.75, 3.05) is 0 Å². The fraction of sp³-hybridized carbons (Fsp3) is 0.200. The summed E-state index contributed by atoms with van der Waals surface area (Å²) in [5.74, 6) is 0. The van der Waals surface area contributed by atoms with Gasteiger partial charge in [0.05, 0.1) is 3.57 Å². The van der Waals surface area contributed by atoms with Gasteiger partial charge in [0.1, 0.15) is 0 Å². The highest BCUT2D eigenvalue weighted by Gasteiger charge is 2.06. The average molecular weight is 318 g/mol. The molecule has 0 saturated heterocycles. The highest BCUT2D eigenvalue weighted by Crippen LogP contribution is 1.94. The molecule has 4 nitrogen and oxygen atoms in total. The minimum absolute atomic E-state index is 0.228. The summed E-state index contributed by atoms with van der Waals surface area (Å²) in [6.07, 6.45) is 4.67. The number of allylic oxidation sites excluding steroid dienone is 2. The van der Waals surface area contributed by atoms with Crippen molar-refractivity contribution in [3.8, 4) is 0 Å². The van der Waals surface area contributed by atoms with Crippen LogP contribution in [-0.4, -0.2) is 9.13 Å². The molecule has 0 atom stereocenters. The molecule has 1 heterocycles. The second-order valence-corrected chi connectivity index (χ2v) is 4.07. The van der Waals surface area contributed by atoms with Crippen LogP contribution in [0.5, 0.6) is 0 Å². The van der Waals surface area contributed by atoms with Gasteiger partial charge in [-0.2, -0.15) is 0 Å². The van der Waals surface area contributed by atoms with E-state index in [1.807, 2.05) is 22.6 Å².